The Bertz CT molecular complexity index is 75.5. The van der Waals surface area contributed by atoms with Crippen LogP contribution in [-0.4, -0.2) is 13.0 Å². The standard InChI is InChI=1S/C6H11NO2/c1-3-6(2)4-7-9-5-8/h6H,3-4H2,1-2H3. The van der Waals surface area contributed by atoms with Gasteiger partial charge in [0.1, 0.15) is 0 Å². The lowest BCUT2D eigenvalue weighted by molar-refractivity contribution is 0.145. The van der Waals surface area contributed by atoms with Gasteiger partial charge in [-0.05, 0) is 11.4 Å². The Labute approximate surface area is 55.3 Å². The fraction of sp³-hybridized carbons (Fsp3) is 0.833. The smallest absolute Gasteiger partial charge is 0.340 e. The minimum Gasteiger partial charge on any atom is -0.340 e. The average Bonchev–Trinajstić information content (AvgIpc) is 1.89. The zero-order valence-corrected chi connectivity index (χ0v) is 5.76. The van der Waals surface area contributed by atoms with Crippen molar-refractivity contribution in [2.24, 2.45) is 5.92 Å². The van der Waals surface area contributed by atoms with E-state index in [1.165, 1.54) is 6.47 Å². The van der Waals surface area contributed by atoms with Crippen molar-refractivity contribution in [3.05, 3.63) is 0 Å². The molecular formula is C6H11NO2. The number of hydrogen-bond acceptors (Lipinski definition) is 2. The topological polar surface area (TPSA) is 40.4 Å². The van der Waals surface area contributed by atoms with Gasteiger partial charge in [0.15, 0.2) is 0 Å². The molecule has 0 fully saturated rings. The van der Waals surface area contributed by atoms with Gasteiger partial charge in [-0.15, -0.1) is 0 Å². The average molecular weight is 129 g/mol. The molecule has 0 heterocycles. The van der Waals surface area contributed by atoms with Crippen LogP contribution in [0.1, 0.15) is 20.3 Å². The number of hydrogen-bond donors (Lipinski definition) is 0. The molecule has 1 unspecified atom stereocenters. The fourth-order valence-electron chi connectivity index (χ4n) is 0.320. The predicted molar refractivity (Wildman–Crippen MR) is 33.2 cm³/mol. The van der Waals surface area contributed by atoms with Crippen molar-refractivity contribution in [1.82, 2.24) is 5.48 Å². The summed E-state index contributed by atoms with van der Waals surface area (Å²) in [6.45, 7) is 5.91. The molecule has 1 atom stereocenters. The van der Waals surface area contributed by atoms with Crippen molar-refractivity contribution in [2.45, 2.75) is 20.3 Å². The van der Waals surface area contributed by atoms with Gasteiger partial charge >= 0.3 is 6.47 Å². The summed E-state index contributed by atoms with van der Waals surface area (Å²) in [7, 11) is 0. The predicted octanol–water partition coefficient (Wildman–Crippen LogP) is 0.636. The third-order valence-corrected chi connectivity index (χ3v) is 1.18. The van der Waals surface area contributed by atoms with E-state index in [1.807, 2.05) is 6.92 Å². The molecule has 0 aliphatic heterocycles. The van der Waals surface area contributed by atoms with Crippen LogP contribution in [0, 0.1) is 5.92 Å². The van der Waals surface area contributed by atoms with E-state index in [4.69, 9.17) is 0 Å². The molecule has 2 radical (unpaired) electrons. The Morgan fingerprint density at radius 1 is 1.78 bits per heavy atom. The molecular weight excluding hydrogens is 118 g/mol. The first-order chi connectivity index (χ1) is 4.31. The molecule has 0 spiro atoms. The van der Waals surface area contributed by atoms with Crippen molar-refractivity contribution in [1.29, 1.82) is 0 Å². The van der Waals surface area contributed by atoms with E-state index >= 15 is 0 Å². The quantitative estimate of drug-likeness (QED) is 0.403. The lowest BCUT2D eigenvalue weighted by Crippen LogP contribution is -2.13. The van der Waals surface area contributed by atoms with Crippen LogP contribution in [0.25, 0.3) is 0 Å². The van der Waals surface area contributed by atoms with Crippen molar-refractivity contribution in [3.8, 4) is 0 Å². The van der Waals surface area contributed by atoms with Crippen LogP contribution >= 0.6 is 0 Å². The summed E-state index contributed by atoms with van der Waals surface area (Å²) >= 11 is 0. The highest BCUT2D eigenvalue weighted by Gasteiger charge is 1.97. The normalized spacial score (nSPS) is 12.7. The monoisotopic (exact) mass is 129 g/mol. The molecule has 0 bridgehead atoms. The highest BCUT2D eigenvalue weighted by Crippen LogP contribution is 1.97. The van der Waals surface area contributed by atoms with Crippen LogP contribution in [0.4, 0.5) is 0 Å². The largest absolute Gasteiger partial charge is 0.439 e. The maximum atomic E-state index is 9.43. The van der Waals surface area contributed by atoms with Gasteiger partial charge in [-0.25, -0.2) is 4.79 Å². The van der Waals surface area contributed by atoms with E-state index in [0.29, 0.717) is 12.5 Å². The molecule has 0 N–H and O–H groups in total. The molecule has 0 rings (SSSR count). The summed E-state index contributed by atoms with van der Waals surface area (Å²) in [5.41, 5.74) is 3.44. The Morgan fingerprint density at radius 2 is 2.44 bits per heavy atom. The summed E-state index contributed by atoms with van der Waals surface area (Å²) in [4.78, 5) is 13.5. The van der Waals surface area contributed by atoms with Gasteiger partial charge in [0, 0.05) is 0 Å². The summed E-state index contributed by atoms with van der Waals surface area (Å²) in [6, 6.07) is 0. The van der Waals surface area contributed by atoms with Crippen LogP contribution in [0.3, 0.4) is 0 Å². The second kappa shape index (κ2) is 5.56. The first-order valence-electron chi connectivity index (χ1n) is 3.01. The Morgan fingerprint density at radius 3 is 2.89 bits per heavy atom. The zero-order chi connectivity index (χ0) is 7.11. The molecule has 0 aromatic rings. The maximum Gasteiger partial charge on any atom is 0.439 e. The highest BCUT2D eigenvalue weighted by molar-refractivity contribution is 5.37. The number of hydroxylamine groups is 1. The number of carbonyl (C=O) groups excluding carboxylic acids is 1. The van der Waals surface area contributed by atoms with Crippen LogP contribution in [0.2, 0.25) is 0 Å². The van der Waals surface area contributed by atoms with E-state index in [1.54, 1.807) is 0 Å². The Balaban J connectivity index is 2.96. The summed E-state index contributed by atoms with van der Waals surface area (Å²) < 4.78 is 0. The van der Waals surface area contributed by atoms with Gasteiger partial charge in [0.05, 0.1) is 6.54 Å². The first kappa shape index (κ1) is 8.43. The third kappa shape index (κ3) is 5.30. The molecule has 3 nitrogen and oxygen atoms in total. The van der Waals surface area contributed by atoms with Crippen molar-refractivity contribution in [3.63, 3.8) is 0 Å². The van der Waals surface area contributed by atoms with Crippen LogP contribution in [0.15, 0.2) is 0 Å². The van der Waals surface area contributed by atoms with E-state index in [2.05, 4.69) is 17.2 Å². The first-order valence-corrected chi connectivity index (χ1v) is 3.01. The lowest BCUT2D eigenvalue weighted by Gasteiger charge is -2.03. The lowest BCUT2D eigenvalue weighted by atomic mass is 10.1. The molecule has 0 saturated heterocycles. The number of nitrogens with zero attached hydrogens (tertiary/aromatic N) is 1. The molecule has 0 aromatic carbocycles. The van der Waals surface area contributed by atoms with Crippen molar-refractivity contribution >= 4 is 6.47 Å². The minimum absolute atomic E-state index is 0.485. The van der Waals surface area contributed by atoms with Crippen LogP contribution in [-0.2, 0) is 9.63 Å². The van der Waals surface area contributed by atoms with Gasteiger partial charge in [0.25, 0.3) is 0 Å². The van der Waals surface area contributed by atoms with E-state index in [-0.39, 0.29) is 0 Å². The fourth-order valence-corrected chi connectivity index (χ4v) is 0.320. The van der Waals surface area contributed by atoms with E-state index in [0.717, 1.165) is 6.42 Å². The Kier molecular flexibility index (Phi) is 5.21. The van der Waals surface area contributed by atoms with Crippen molar-refractivity contribution < 1.29 is 9.63 Å². The van der Waals surface area contributed by atoms with Crippen LogP contribution < -0.4 is 5.48 Å². The molecule has 0 aliphatic carbocycles. The Hall–Kier alpha value is -0.570. The maximum absolute atomic E-state index is 9.43. The molecule has 0 saturated carbocycles. The van der Waals surface area contributed by atoms with Gasteiger partial charge in [-0.2, -0.15) is 0 Å². The summed E-state index contributed by atoms with van der Waals surface area (Å²) in [5, 5.41) is 0. The van der Waals surface area contributed by atoms with Crippen molar-refractivity contribution in [2.75, 3.05) is 6.54 Å². The van der Waals surface area contributed by atoms with Gasteiger partial charge < -0.3 is 4.84 Å². The van der Waals surface area contributed by atoms with Gasteiger partial charge in [0.2, 0.25) is 0 Å². The number of rotatable bonds is 5. The SMILES string of the molecule is CCC(C)C[N]O[C]=O. The van der Waals surface area contributed by atoms with Gasteiger partial charge in [-0.3, -0.25) is 0 Å². The highest BCUT2D eigenvalue weighted by atomic mass is 16.7. The summed E-state index contributed by atoms with van der Waals surface area (Å²) in [6.07, 6.45) is 1.05. The van der Waals surface area contributed by atoms with Gasteiger partial charge in [-0.1, -0.05) is 20.3 Å². The molecule has 0 aromatic heterocycles. The molecule has 0 aliphatic rings. The second-order valence-electron chi connectivity index (χ2n) is 2.00. The van der Waals surface area contributed by atoms with Crippen LogP contribution in [0.5, 0.6) is 0 Å². The molecule has 52 valence electrons. The molecule has 9 heavy (non-hydrogen) atoms. The molecule has 3 heteroatoms. The van der Waals surface area contributed by atoms with E-state index < -0.39 is 0 Å². The zero-order valence-electron chi connectivity index (χ0n) is 5.76. The minimum atomic E-state index is 0.485. The van der Waals surface area contributed by atoms with E-state index in [9.17, 15) is 4.79 Å². The summed E-state index contributed by atoms with van der Waals surface area (Å²) in [5.74, 6) is 0.485. The molecule has 0 amide bonds. The second-order valence-corrected chi connectivity index (χ2v) is 2.00. The third-order valence-electron chi connectivity index (χ3n) is 1.18.